The summed E-state index contributed by atoms with van der Waals surface area (Å²) in [5, 5.41) is 18.3. The standard InChI is InChI=1S/C11H13F3O3/c1-17-10-8(11(12,13)14)5-4-7(9(10)16)3-2-6-15/h4-5,15-16H,2-3,6H2,1H3. The molecule has 1 aromatic rings. The molecule has 0 aliphatic heterocycles. The highest BCUT2D eigenvalue weighted by Crippen LogP contribution is 2.42. The quantitative estimate of drug-likeness (QED) is 0.862. The number of phenolic OH excluding ortho intramolecular Hbond substituents is 1. The van der Waals surface area contributed by atoms with Gasteiger partial charge in [-0.15, -0.1) is 0 Å². The third kappa shape index (κ3) is 3.03. The molecule has 3 nitrogen and oxygen atoms in total. The van der Waals surface area contributed by atoms with E-state index in [9.17, 15) is 18.3 Å². The first-order valence-electron chi connectivity index (χ1n) is 4.98. The molecule has 1 rings (SSSR count). The zero-order chi connectivity index (χ0) is 13.1. The van der Waals surface area contributed by atoms with E-state index in [-0.39, 0.29) is 13.0 Å². The van der Waals surface area contributed by atoms with Crippen molar-refractivity contribution in [3.63, 3.8) is 0 Å². The summed E-state index contributed by atoms with van der Waals surface area (Å²) in [5.74, 6) is -1.09. The molecule has 0 atom stereocenters. The number of aliphatic hydroxyl groups is 1. The van der Waals surface area contributed by atoms with E-state index >= 15 is 0 Å². The molecule has 0 bridgehead atoms. The van der Waals surface area contributed by atoms with Crippen molar-refractivity contribution in [1.29, 1.82) is 0 Å². The molecule has 6 heteroatoms. The predicted molar refractivity (Wildman–Crippen MR) is 55.1 cm³/mol. The number of rotatable bonds is 4. The topological polar surface area (TPSA) is 49.7 Å². The van der Waals surface area contributed by atoms with E-state index < -0.39 is 23.2 Å². The van der Waals surface area contributed by atoms with Crippen LogP contribution in [0.3, 0.4) is 0 Å². The first-order chi connectivity index (χ1) is 7.91. The van der Waals surface area contributed by atoms with Crippen LogP contribution in [0.5, 0.6) is 11.5 Å². The van der Waals surface area contributed by atoms with Crippen molar-refractivity contribution in [2.24, 2.45) is 0 Å². The summed E-state index contributed by atoms with van der Waals surface area (Å²) in [5.41, 5.74) is -0.686. The number of ether oxygens (including phenoxy) is 1. The fourth-order valence-electron chi connectivity index (χ4n) is 1.51. The zero-order valence-corrected chi connectivity index (χ0v) is 9.21. The van der Waals surface area contributed by atoms with Crippen molar-refractivity contribution < 1.29 is 28.1 Å². The van der Waals surface area contributed by atoms with Crippen molar-refractivity contribution in [3.05, 3.63) is 23.3 Å². The van der Waals surface area contributed by atoms with Gasteiger partial charge in [0.05, 0.1) is 7.11 Å². The van der Waals surface area contributed by atoms with Crippen molar-refractivity contribution in [2.45, 2.75) is 19.0 Å². The first kappa shape index (κ1) is 13.6. The van der Waals surface area contributed by atoms with Crippen LogP contribution in [0.1, 0.15) is 17.5 Å². The molecule has 0 spiro atoms. The molecule has 0 unspecified atom stereocenters. The van der Waals surface area contributed by atoms with Gasteiger partial charge in [0.25, 0.3) is 0 Å². The van der Waals surface area contributed by atoms with Crippen molar-refractivity contribution >= 4 is 0 Å². The number of aryl methyl sites for hydroxylation is 1. The van der Waals surface area contributed by atoms with Crippen LogP contribution in [0, 0.1) is 0 Å². The third-order valence-electron chi connectivity index (χ3n) is 2.33. The van der Waals surface area contributed by atoms with Gasteiger partial charge in [0, 0.05) is 6.61 Å². The number of hydrogen-bond donors (Lipinski definition) is 2. The van der Waals surface area contributed by atoms with Gasteiger partial charge >= 0.3 is 6.18 Å². The average Bonchev–Trinajstić information content (AvgIpc) is 2.25. The van der Waals surface area contributed by atoms with Crippen LogP contribution < -0.4 is 4.74 Å². The van der Waals surface area contributed by atoms with Crippen LogP contribution in [0.2, 0.25) is 0 Å². The summed E-state index contributed by atoms with van der Waals surface area (Å²) in [6.45, 7) is -0.0945. The Balaban J connectivity index is 3.18. The lowest BCUT2D eigenvalue weighted by atomic mass is 10.0. The highest BCUT2D eigenvalue weighted by Gasteiger charge is 2.36. The second-order valence-corrected chi connectivity index (χ2v) is 3.48. The highest BCUT2D eigenvalue weighted by atomic mass is 19.4. The maximum atomic E-state index is 12.6. The summed E-state index contributed by atoms with van der Waals surface area (Å²) in [7, 11) is 1.07. The Kier molecular flexibility index (Phi) is 4.22. The Hall–Kier alpha value is -1.43. The fraction of sp³-hybridized carbons (Fsp3) is 0.455. The number of aliphatic hydroxyl groups excluding tert-OH is 1. The number of halogens is 3. The molecule has 0 heterocycles. The predicted octanol–water partition coefficient (Wildman–Crippen LogP) is 2.34. The van der Waals surface area contributed by atoms with Gasteiger partial charge in [-0.1, -0.05) is 6.07 Å². The molecule has 0 fully saturated rings. The smallest absolute Gasteiger partial charge is 0.420 e. The van der Waals surface area contributed by atoms with Gasteiger partial charge in [0.15, 0.2) is 11.5 Å². The second kappa shape index (κ2) is 5.27. The molecular weight excluding hydrogens is 237 g/mol. The summed E-state index contributed by atoms with van der Waals surface area (Å²) in [6.07, 6.45) is -3.92. The van der Waals surface area contributed by atoms with Crippen molar-refractivity contribution in [3.8, 4) is 11.5 Å². The Bertz CT molecular complexity index is 388. The van der Waals surface area contributed by atoms with E-state index in [0.717, 1.165) is 13.2 Å². The second-order valence-electron chi connectivity index (χ2n) is 3.48. The molecule has 0 aliphatic rings. The molecule has 2 N–H and O–H groups in total. The normalized spacial score (nSPS) is 11.6. The molecule has 0 saturated carbocycles. The highest BCUT2D eigenvalue weighted by molar-refractivity contribution is 5.52. The van der Waals surface area contributed by atoms with Crippen molar-refractivity contribution in [2.75, 3.05) is 13.7 Å². The van der Waals surface area contributed by atoms with Crippen LogP contribution >= 0.6 is 0 Å². The fourth-order valence-corrected chi connectivity index (χ4v) is 1.51. The number of phenols is 1. The minimum Gasteiger partial charge on any atom is -0.504 e. The minimum atomic E-state index is -4.57. The van der Waals surface area contributed by atoms with Gasteiger partial charge in [-0.3, -0.25) is 0 Å². The first-order valence-corrected chi connectivity index (χ1v) is 4.98. The molecule has 0 aromatic heterocycles. The molecular formula is C11H13F3O3. The SMILES string of the molecule is COc1c(C(F)(F)F)ccc(CCCO)c1O. The largest absolute Gasteiger partial charge is 0.504 e. The number of aromatic hydroxyl groups is 1. The Morgan fingerprint density at radius 2 is 1.94 bits per heavy atom. The molecule has 96 valence electrons. The van der Waals surface area contributed by atoms with E-state index in [1.165, 1.54) is 6.07 Å². The maximum Gasteiger partial charge on any atom is 0.420 e. The number of benzene rings is 1. The average molecular weight is 250 g/mol. The van der Waals surface area contributed by atoms with Crippen molar-refractivity contribution in [1.82, 2.24) is 0 Å². The maximum absolute atomic E-state index is 12.6. The van der Waals surface area contributed by atoms with Crippen LogP contribution in [0.15, 0.2) is 12.1 Å². The third-order valence-corrected chi connectivity index (χ3v) is 2.33. The van der Waals surface area contributed by atoms with Gasteiger partial charge in [-0.2, -0.15) is 13.2 Å². The lowest BCUT2D eigenvalue weighted by Gasteiger charge is -2.15. The van der Waals surface area contributed by atoms with Crippen LogP contribution in [0.25, 0.3) is 0 Å². The summed E-state index contributed by atoms with van der Waals surface area (Å²) >= 11 is 0. The Morgan fingerprint density at radius 1 is 1.29 bits per heavy atom. The van der Waals surface area contributed by atoms with Crippen LogP contribution in [-0.4, -0.2) is 23.9 Å². The number of alkyl halides is 3. The summed E-state index contributed by atoms with van der Waals surface area (Å²) in [6, 6.07) is 2.06. The summed E-state index contributed by atoms with van der Waals surface area (Å²) in [4.78, 5) is 0. The summed E-state index contributed by atoms with van der Waals surface area (Å²) < 4.78 is 42.3. The van der Waals surface area contributed by atoms with E-state index in [1.807, 2.05) is 0 Å². The lowest BCUT2D eigenvalue weighted by Crippen LogP contribution is -2.08. The van der Waals surface area contributed by atoms with Gasteiger partial charge < -0.3 is 14.9 Å². The van der Waals surface area contributed by atoms with Gasteiger partial charge in [-0.25, -0.2) is 0 Å². The molecule has 0 aliphatic carbocycles. The van der Waals surface area contributed by atoms with Gasteiger partial charge in [0.2, 0.25) is 0 Å². The zero-order valence-electron chi connectivity index (χ0n) is 9.21. The van der Waals surface area contributed by atoms with E-state index in [0.29, 0.717) is 12.0 Å². The lowest BCUT2D eigenvalue weighted by molar-refractivity contribution is -0.138. The van der Waals surface area contributed by atoms with E-state index in [1.54, 1.807) is 0 Å². The molecule has 0 radical (unpaired) electrons. The Labute approximate surface area is 96.5 Å². The molecule has 0 saturated heterocycles. The number of methoxy groups -OCH3 is 1. The molecule has 1 aromatic carbocycles. The number of hydrogen-bond acceptors (Lipinski definition) is 3. The Morgan fingerprint density at radius 3 is 2.41 bits per heavy atom. The van der Waals surface area contributed by atoms with Gasteiger partial charge in [-0.05, 0) is 24.5 Å². The van der Waals surface area contributed by atoms with E-state index in [4.69, 9.17) is 5.11 Å². The van der Waals surface area contributed by atoms with Crippen LogP contribution in [-0.2, 0) is 12.6 Å². The van der Waals surface area contributed by atoms with Gasteiger partial charge in [0.1, 0.15) is 5.56 Å². The minimum absolute atomic E-state index is 0.0945. The van der Waals surface area contributed by atoms with E-state index in [2.05, 4.69) is 4.74 Å². The molecule has 17 heavy (non-hydrogen) atoms. The monoisotopic (exact) mass is 250 g/mol. The molecule has 0 amide bonds. The van der Waals surface area contributed by atoms with Crippen LogP contribution in [0.4, 0.5) is 13.2 Å².